The van der Waals surface area contributed by atoms with Crippen LogP contribution in [0.15, 0.2) is 89.4 Å². The Morgan fingerprint density at radius 2 is 1.09 bits per heavy atom. The summed E-state index contributed by atoms with van der Waals surface area (Å²) in [5.41, 5.74) is 10.4. The highest BCUT2D eigenvalue weighted by Gasteiger charge is 2.40. The Bertz CT molecular complexity index is 1980. The van der Waals surface area contributed by atoms with Gasteiger partial charge in [0, 0.05) is 39.4 Å². The average Bonchev–Trinajstić information content (AvgIpc) is 3.21. The summed E-state index contributed by atoms with van der Waals surface area (Å²) in [6, 6.07) is 29.1. The summed E-state index contributed by atoms with van der Waals surface area (Å²) >= 11 is 3.43. The molecule has 1 nitrogen and oxygen atoms in total. The molecule has 0 spiro atoms. The highest BCUT2D eigenvalue weighted by atomic mass is 79.9. The van der Waals surface area contributed by atoms with Crippen molar-refractivity contribution in [2.45, 2.75) is 130 Å². The Balaban J connectivity index is 0.000000212. The maximum absolute atomic E-state index is 5.56. The van der Waals surface area contributed by atoms with Crippen LogP contribution in [0, 0.1) is 61.7 Å². The van der Waals surface area contributed by atoms with E-state index in [1.807, 2.05) is 51.3 Å². The van der Waals surface area contributed by atoms with Gasteiger partial charge >= 0.3 is 0 Å². The highest BCUT2D eigenvalue weighted by Crippen LogP contribution is 2.46. The summed E-state index contributed by atoms with van der Waals surface area (Å²) < 4.78 is 6.70. The van der Waals surface area contributed by atoms with Crippen molar-refractivity contribution in [2.75, 3.05) is 7.11 Å². The fraction of sp³-hybridized carbons (Fsp3) is 0.396. The SMILES string of the molecule is C#Cc1ccc(CCCC)cc1.CC#Cc1ccc(Br)c(C)c1.CC#Cc1ccc(C#Cc2ccc(CCCC)cc2)c(C)c1.COB1C2CCCC1CCC2. The fourth-order valence-corrected chi connectivity index (χ4v) is 7.56. The van der Waals surface area contributed by atoms with Crippen molar-refractivity contribution in [3.8, 4) is 47.9 Å². The topological polar surface area (TPSA) is 9.23 Å². The zero-order valence-electron chi connectivity index (χ0n) is 35.2. The number of rotatable bonds is 7. The van der Waals surface area contributed by atoms with E-state index in [0.29, 0.717) is 6.92 Å². The van der Waals surface area contributed by atoms with Crippen molar-refractivity contribution in [2.24, 2.45) is 0 Å². The van der Waals surface area contributed by atoms with Gasteiger partial charge in [0.05, 0.1) is 0 Å². The van der Waals surface area contributed by atoms with Gasteiger partial charge < -0.3 is 4.65 Å². The number of unbranched alkanes of at least 4 members (excludes halogenated alkanes) is 2. The van der Waals surface area contributed by atoms with Crippen LogP contribution in [-0.4, -0.2) is 14.0 Å². The molecule has 2 fully saturated rings. The lowest BCUT2D eigenvalue weighted by Crippen LogP contribution is -2.36. The third kappa shape index (κ3) is 16.4. The Morgan fingerprint density at radius 3 is 1.50 bits per heavy atom. The van der Waals surface area contributed by atoms with Crippen LogP contribution < -0.4 is 0 Å². The molecule has 0 radical (unpaired) electrons. The van der Waals surface area contributed by atoms with Crippen LogP contribution in [-0.2, 0) is 17.5 Å². The molecule has 2 aliphatic heterocycles. The highest BCUT2D eigenvalue weighted by molar-refractivity contribution is 9.10. The van der Waals surface area contributed by atoms with Crippen LogP contribution in [0.2, 0.25) is 11.6 Å². The van der Waals surface area contributed by atoms with E-state index in [9.17, 15) is 0 Å². The van der Waals surface area contributed by atoms with Crippen molar-refractivity contribution in [3.63, 3.8) is 0 Å². The molecule has 6 rings (SSSR count). The third-order valence-electron chi connectivity index (χ3n) is 10.5. The molecule has 0 atom stereocenters. The first-order valence-electron chi connectivity index (χ1n) is 20.7. The standard InChI is InChI=1S/C22H22.C12H14.C10H9Br.C9H17BO/c1-4-6-8-19-9-11-20(12-10-19)13-15-22-16-14-21(7-5-2)17-18(22)3;1-3-5-6-12-9-7-11(4-2)8-10-12;1-3-4-9-5-6-10(11)8(2)7-9;1-11-10-8-4-2-5-9(10)7-3-6-8/h9-12,14,16-17H,4,6,8H2,1-3H3;2,7-10H,3,5-6H2,1H3;5-7H,1-2H3;8-9H,2-7H2,1H3. The molecule has 56 heavy (non-hydrogen) atoms. The second-order valence-corrected chi connectivity index (χ2v) is 15.7. The summed E-state index contributed by atoms with van der Waals surface area (Å²) in [6.07, 6.45) is 21.2. The lowest BCUT2D eigenvalue weighted by atomic mass is 9.38. The van der Waals surface area contributed by atoms with Gasteiger partial charge in [-0.05, 0) is 148 Å². The molecule has 0 saturated carbocycles. The quantitative estimate of drug-likeness (QED) is 0.134. The Morgan fingerprint density at radius 1 is 0.625 bits per heavy atom. The van der Waals surface area contributed by atoms with E-state index in [-0.39, 0.29) is 0 Å². The molecule has 2 aliphatic rings. The molecular formula is C53H62BBrO. The molecular weight excluding hydrogens is 743 g/mol. The lowest BCUT2D eigenvalue weighted by molar-refractivity contribution is 0.326. The summed E-state index contributed by atoms with van der Waals surface area (Å²) in [5.74, 6) is 22.8. The smallest absolute Gasteiger partial charge is 0.298 e. The van der Waals surface area contributed by atoms with Crippen LogP contribution in [0.5, 0.6) is 0 Å². The third-order valence-corrected chi connectivity index (χ3v) is 11.4. The zero-order chi connectivity index (χ0) is 40.5. The second-order valence-electron chi connectivity index (χ2n) is 14.8. The number of aryl methyl sites for hydroxylation is 4. The van der Waals surface area contributed by atoms with Crippen LogP contribution in [0.1, 0.15) is 142 Å². The van der Waals surface area contributed by atoms with Crippen molar-refractivity contribution in [3.05, 3.63) is 139 Å². The first-order valence-corrected chi connectivity index (χ1v) is 21.5. The van der Waals surface area contributed by atoms with Gasteiger partial charge in [0.2, 0.25) is 0 Å². The predicted molar refractivity (Wildman–Crippen MR) is 247 cm³/mol. The minimum absolute atomic E-state index is 0.623. The average molecular weight is 806 g/mol. The van der Waals surface area contributed by atoms with Crippen molar-refractivity contribution < 1.29 is 4.65 Å². The van der Waals surface area contributed by atoms with Crippen molar-refractivity contribution in [1.29, 1.82) is 0 Å². The number of hydrogen-bond acceptors (Lipinski definition) is 1. The molecule has 4 aromatic rings. The molecule has 0 unspecified atom stereocenters. The lowest BCUT2D eigenvalue weighted by Gasteiger charge is -2.38. The van der Waals surface area contributed by atoms with Crippen LogP contribution in [0.25, 0.3) is 0 Å². The van der Waals surface area contributed by atoms with E-state index < -0.39 is 0 Å². The summed E-state index contributed by atoms with van der Waals surface area (Å²) in [4.78, 5) is 0. The van der Waals surface area contributed by atoms with E-state index >= 15 is 0 Å². The van der Waals surface area contributed by atoms with E-state index in [1.54, 1.807) is 0 Å². The molecule has 3 heteroatoms. The number of fused-ring (bicyclic) bond motifs is 2. The summed E-state index contributed by atoms with van der Waals surface area (Å²) in [5, 5.41) is 0. The molecule has 4 aromatic carbocycles. The normalized spacial score (nSPS) is 14.7. The summed E-state index contributed by atoms with van der Waals surface area (Å²) in [7, 11) is 1.89. The first kappa shape index (κ1) is 46.0. The molecule has 0 amide bonds. The molecule has 0 aliphatic carbocycles. The van der Waals surface area contributed by atoms with Crippen molar-refractivity contribution in [1.82, 2.24) is 0 Å². The largest absolute Gasteiger partial charge is 0.438 e. The zero-order valence-corrected chi connectivity index (χ0v) is 36.7. The van der Waals surface area contributed by atoms with Gasteiger partial charge in [0.25, 0.3) is 6.92 Å². The minimum atomic E-state index is 0.623. The fourth-order valence-electron chi connectivity index (χ4n) is 7.32. The van der Waals surface area contributed by atoms with Gasteiger partial charge in [-0.3, -0.25) is 0 Å². The predicted octanol–water partition coefficient (Wildman–Crippen LogP) is 14.0. The molecule has 2 saturated heterocycles. The van der Waals surface area contributed by atoms with E-state index in [1.165, 1.54) is 92.9 Å². The Hall–Kier alpha value is -4.38. The molecule has 0 aromatic heterocycles. The van der Waals surface area contributed by atoms with Crippen LogP contribution in [0.3, 0.4) is 0 Å². The van der Waals surface area contributed by atoms with Gasteiger partial charge in [-0.25, -0.2) is 0 Å². The van der Waals surface area contributed by atoms with Gasteiger partial charge in [-0.2, -0.15) is 0 Å². The maximum Gasteiger partial charge on any atom is 0.298 e. The number of terminal acetylenes is 1. The number of benzene rings is 4. The Kier molecular flexibility index (Phi) is 21.8. The van der Waals surface area contributed by atoms with E-state index in [4.69, 9.17) is 11.1 Å². The molecule has 0 N–H and O–H groups in total. The number of hydrogen-bond donors (Lipinski definition) is 0. The van der Waals surface area contributed by atoms with Gasteiger partial charge in [-0.1, -0.05) is 135 Å². The monoisotopic (exact) mass is 804 g/mol. The minimum Gasteiger partial charge on any atom is -0.438 e. The first-order chi connectivity index (χ1) is 27.2. The maximum atomic E-state index is 5.56. The molecule has 290 valence electrons. The van der Waals surface area contributed by atoms with E-state index in [2.05, 4.69) is 140 Å². The number of halogens is 1. The van der Waals surface area contributed by atoms with Gasteiger partial charge in [0.1, 0.15) is 0 Å². The van der Waals surface area contributed by atoms with Gasteiger partial charge in [-0.15, -0.1) is 18.3 Å². The van der Waals surface area contributed by atoms with Crippen LogP contribution >= 0.6 is 15.9 Å². The van der Waals surface area contributed by atoms with Gasteiger partial charge in [0.15, 0.2) is 0 Å². The Labute approximate surface area is 350 Å². The second kappa shape index (κ2) is 26.5. The van der Waals surface area contributed by atoms with E-state index in [0.717, 1.165) is 50.3 Å². The van der Waals surface area contributed by atoms with Crippen LogP contribution in [0.4, 0.5) is 0 Å². The van der Waals surface area contributed by atoms with Crippen molar-refractivity contribution >= 4 is 22.8 Å². The molecule has 2 heterocycles. The molecule has 2 bridgehead atoms. The summed E-state index contributed by atoms with van der Waals surface area (Å²) in [6.45, 7) is 12.9.